The van der Waals surface area contributed by atoms with Crippen molar-refractivity contribution in [3.8, 4) is 5.75 Å². The molecule has 0 bridgehead atoms. The summed E-state index contributed by atoms with van der Waals surface area (Å²) in [7, 11) is 0. The third-order valence-electron chi connectivity index (χ3n) is 6.95. The fourth-order valence-electron chi connectivity index (χ4n) is 5.28. The van der Waals surface area contributed by atoms with E-state index in [9.17, 15) is 14.7 Å². The second-order valence-electron chi connectivity index (χ2n) is 9.47. The molecule has 2 aromatic rings. The first kappa shape index (κ1) is 26.0. The number of rotatable bonds is 12. The monoisotopic (exact) mass is 496 g/mol. The molecule has 194 valence electrons. The van der Waals surface area contributed by atoms with Crippen LogP contribution in [0.4, 0.5) is 0 Å². The lowest BCUT2D eigenvalue weighted by Gasteiger charge is -2.29. The fraction of sp³-hybridized carbons (Fsp3) is 0.556. The van der Waals surface area contributed by atoms with Gasteiger partial charge in [0.25, 0.3) is 5.91 Å². The van der Waals surface area contributed by atoms with E-state index in [2.05, 4.69) is 16.0 Å². The third-order valence-corrected chi connectivity index (χ3v) is 6.95. The molecule has 3 heterocycles. The molecule has 9 nitrogen and oxygen atoms in total. The molecule has 36 heavy (non-hydrogen) atoms. The highest BCUT2D eigenvalue weighted by Gasteiger charge is 2.47. The lowest BCUT2D eigenvalue weighted by atomic mass is 9.83. The summed E-state index contributed by atoms with van der Waals surface area (Å²) in [6.07, 6.45) is 6.87. The van der Waals surface area contributed by atoms with Gasteiger partial charge in [-0.2, -0.15) is 0 Å². The minimum Gasteiger partial charge on any atom is -0.493 e. The van der Waals surface area contributed by atoms with E-state index >= 15 is 0 Å². The van der Waals surface area contributed by atoms with Gasteiger partial charge in [-0.25, -0.2) is 15.0 Å². The molecule has 1 aromatic heterocycles. The maximum absolute atomic E-state index is 13.3. The van der Waals surface area contributed by atoms with Gasteiger partial charge in [-0.3, -0.25) is 19.3 Å². The Labute approximate surface area is 212 Å². The molecular weight excluding hydrogens is 460 g/mol. The van der Waals surface area contributed by atoms with E-state index in [1.165, 1.54) is 5.06 Å². The number of carboxylic acid groups (broad SMARTS) is 1. The summed E-state index contributed by atoms with van der Waals surface area (Å²) < 4.78 is 5.65. The van der Waals surface area contributed by atoms with Gasteiger partial charge in [0, 0.05) is 50.3 Å². The summed E-state index contributed by atoms with van der Waals surface area (Å²) in [5.41, 5.74) is 2.10. The number of hydrogen-bond acceptors (Lipinski definition) is 7. The summed E-state index contributed by atoms with van der Waals surface area (Å²) in [4.78, 5) is 42.3. The van der Waals surface area contributed by atoms with Crippen LogP contribution < -0.4 is 4.74 Å². The van der Waals surface area contributed by atoms with Crippen LogP contribution >= 0.6 is 0 Å². The van der Waals surface area contributed by atoms with Crippen LogP contribution in [0.3, 0.4) is 0 Å². The molecule has 3 atom stereocenters. The van der Waals surface area contributed by atoms with Crippen LogP contribution in [-0.4, -0.2) is 75.8 Å². The highest BCUT2D eigenvalue weighted by atomic mass is 16.7. The molecule has 1 amide bonds. The number of nitrogens with zero attached hydrogens (tertiary/aromatic N) is 4. The summed E-state index contributed by atoms with van der Waals surface area (Å²) >= 11 is 0. The quantitative estimate of drug-likeness (QED) is 0.447. The number of benzene rings is 1. The first-order valence-corrected chi connectivity index (χ1v) is 12.9. The number of aromatic nitrogens is 2. The van der Waals surface area contributed by atoms with E-state index in [0.29, 0.717) is 45.0 Å². The zero-order valence-electron chi connectivity index (χ0n) is 21.1. The zero-order valence-corrected chi connectivity index (χ0v) is 21.1. The average Bonchev–Trinajstić information content (AvgIpc) is 3.50. The molecule has 1 aromatic carbocycles. The summed E-state index contributed by atoms with van der Waals surface area (Å²) in [6.45, 7) is 6.22. The van der Waals surface area contributed by atoms with Crippen LogP contribution in [0.2, 0.25) is 0 Å². The molecule has 0 saturated carbocycles. The Hall–Kier alpha value is -3.04. The Balaban J connectivity index is 1.59. The number of hydroxylamine groups is 2. The number of aliphatic carboxylic acids is 1. The number of carbonyl (C=O) groups excluding carboxylic acids is 1. The number of carbonyl (C=O) groups is 2. The molecule has 9 heteroatoms. The Morgan fingerprint density at radius 1 is 1.22 bits per heavy atom. The molecule has 0 radical (unpaired) electrons. The van der Waals surface area contributed by atoms with E-state index in [4.69, 9.17) is 9.57 Å². The molecule has 1 fully saturated rings. The average molecular weight is 497 g/mol. The molecule has 2 aliphatic heterocycles. The molecule has 0 spiro atoms. The van der Waals surface area contributed by atoms with E-state index in [0.717, 1.165) is 36.1 Å². The van der Waals surface area contributed by atoms with Crippen molar-refractivity contribution in [1.29, 1.82) is 0 Å². The predicted octanol–water partition coefficient (Wildman–Crippen LogP) is 3.09. The van der Waals surface area contributed by atoms with Crippen molar-refractivity contribution in [2.45, 2.75) is 57.9 Å². The Morgan fingerprint density at radius 2 is 2.03 bits per heavy atom. The highest BCUT2D eigenvalue weighted by Crippen LogP contribution is 2.41. The second kappa shape index (κ2) is 12.3. The van der Waals surface area contributed by atoms with Gasteiger partial charge < -0.3 is 9.84 Å². The predicted molar refractivity (Wildman–Crippen MR) is 133 cm³/mol. The number of hydrogen-bond donors (Lipinski definition) is 1. The Kier molecular flexibility index (Phi) is 8.88. The van der Waals surface area contributed by atoms with Gasteiger partial charge in [0.1, 0.15) is 11.6 Å². The van der Waals surface area contributed by atoms with Gasteiger partial charge in [0.15, 0.2) is 0 Å². The minimum absolute atomic E-state index is 0.109. The van der Waals surface area contributed by atoms with Gasteiger partial charge in [-0.1, -0.05) is 26.0 Å². The molecule has 1 saturated heterocycles. The van der Waals surface area contributed by atoms with Crippen molar-refractivity contribution in [1.82, 2.24) is 19.9 Å². The van der Waals surface area contributed by atoms with Gasteiger partial charge in [0.2, 0.25) is 0 Å². The molecule has 1 N–H and O–H groups in total. The van der Waals surface area contributed by atoms with Crippen LogP contribution in [-0.2, 0) is 27.3 Å². The van der Waals surface area contributed by atoms with Crippen LogP contribution in [0.25, 0.3) is 0 Å². The molecule has 0 aliphatic carbocycles. The van der Waals surface area contributed by atoms with Crippen LogP contribution in [0, 0.1) is 5.92 Å². The fourth-order valence-corrected chi connectivity index (χ4v) is 5.28. The van der Waals surface area contributed by atoms with Crippen molar-refractivity contribution >= 4 is 11.9 Å². The molecule has 2 aliphatic rings. The van der Waals surface area contributed by atoms with Gasteiger partial charge in [0.05, 0.1) is 25.7 Å². The standard InChI is InChI=1S/C27H36N4O5/c1-3-13-31(36-14-4-2)25(32)18-30-17-21(19-6-8-23-20(16-19)10-15-35-23)26(27(33)34)22(30)7-9-24-28-11-5-12-29-24/h5-6,8,11-12,16,21-22,26H,3-4,7,9-10,13-15,17-18H2,1-2H3,(H,33,34). The van der Waals surface area contributed by atoms with Crippen LogP contribution in [0.15, 0.2) is 36.7 Å². The molecular formula is C27H36N4O5. The van der Waals surface area contributed by atoms with Gasteiger partial charge in [-0.05, 0) is 42.5 Å². The largest absolute Gasteiger partial charge is 0.493 e. The molecule has 3 unspecified atom stereocenters. The Bertz CT molecular complexity index is 1030. The van der Waals surface area contributed by atoms with Gasteiger partial charge >= 0.3 is 5.97 Å². The van der Waals surface area contributed by atoms with Crippen LogP contribution in [0.5, 0.6) is 5.75 Å². The number of carboxylic acids is 1. The second-order valence-corrected chi connectivity index (χ2v) is 9.47. The summed E-state index contributed by atoms with van der Waals surface area (Å²) in [6, 6.07) is 7.43. The first-order chi connectivity index (χ1) is 17.5. The van der Waals surface area contributed by atoms with E-state index in [-0.39, 0.29) is 24.4 Å². The summed E-state index contributed by atoms with van der Waals surface area (Å²) in [5, 5.41) is 11.8. The smallest absolute Gasteiger partial charge is 0.308 e. The maximum atomic E-state index is 13.3. The number of ether oxygens (including phenoxy) is 1. The topological polar surface area (TPSA) is 105 Å². The number of fused-ring (bicyclic) bond motifs is 1. The highest BCUT2D eigenvalue weighted by molar-refractivity contribution is 5.78. The number of aryl methyl sites for hydroxylation is 1. The van der Waals surface area contributed by atoms with Crippen LogP contribution in [0.1, 0.15) is 56.0 Å². The summed E-state index contributed by atoms with van der Waals surface area (Å²) in [5.74, 6) is -0.337. The normalized spacial score (nSPS) is 21.2. The van der Waals surface area contributed by atoms with E-state index < -0.39 is 11.9 Å². The minimum atomic E-state index is -0.849. The zero-order chi connectivity index (χ0) is 25.5. The lowest BCUT2D eigenvalue weighted by molar-refractivity contribution is -0.188. The molecule has 4 rings (SSSR count). The lowest BCUT2D eigenvalue weighted by Crippen LogP contribution is -2.44. The number of likely N-dealkylation sites (tertiary alicyclic amines) is 1. The maximum Gasteiger partial charge on any atom is 0.308 e. The van der Waals surface area contributed by atoms with Crippen molar-refractivity contribution in [3.05, 3.63) is 53.6 Å². The van der Waals surface area contributed by atoms with Crippen molar-refractivity contribution in [3.63, 3.8) is 0 Å². The van der Waals surface area contributed by atoms with Crippen molar-refractivity contribution < 1.29 is 24.3 Å². The SMILES string of the molecule is CCCON(CCC)C(=O)CN1CC(c2ccc3c(c2)CCO3)C(C(=O)O)C1CCc1ncccn1. The van der Waals surface area contributed by atoms with E-state index in [1.54, 1.807) is 18.5 Å². The van der Waals surface area contributed by atoms with Gasteiger partial charge in [-0.15, -0.1) is 0 Å². The number of amides is 1. The van der Waals surface area contributed by atoms with Crippen molar-refractivity contribution in [2.24, 2.45) is 5.92 Å². The Morgan fingerprint density at radius 3 is 2.75 bits per heavy atom. The first-order valence-electron chi connectivity index (χ1n) is 12.9. The van der Waals surface area contributed by atoms with E-state index in [1.807, 2.05) is 30.9 Å². The third kappa shape index (κ3) is 6.02. The van der Waals surface area contributed by atoms with Crippen molar-refractivity contribution in [2.75, 3.05) is 32.8 Å².